The second kappa shape index (κ2) is 7.54. The number of rotatable bonds is 4. The van der Waals surface area contributed by atoms with Gasteiger partial charge >= 0.3 is 0 Å². The van der Waals surface area contributed by atoms with Gasteiger partial charge in [-0.15, -0.1) is 0 Å². The standard InChI is InChI=1S/C24H39NO3/c1-22-12-10-19(26)16-18(22)7-8-21-20(22)11-13-23(2)17(9-14-24(21,23)27)6-4-3-5-15-25-28/h3-6,17-21,25-28H,7-16H2,1-2H3/t17-,18+,19-,20-,21+,22-,23+,24-/m0/s1. The smallest absolute Gasteiger partial charge is 0.0737 e. The van der Waals surface area contributed by atoms with Crippen LogP contribution in [0.3, 0.4) is 0 Å². The summed E-state index contributed by atoms with van der Waals surface area (Å²) in [5, 5.41) is 30.9. The molecule has 0 bridgehead atoms. The van der Waals surface area contributed by atoms with Gasteiger partial charge < -0.3 is 15.4 Å². The molecule has 0 saturated heterocycles. The van der Waals surface area contributed by atoms with Gasteiger partial charge in [0.15, 0.2) is 0 Å². The number of hydroxylamine groups is 1. The van der Waals surface area contributed by atoms with Gasteiger partial charge in [0.2, 0.25) is 0 Å². The summed E-state index contributed by atoms with van der Waals surface area (Å²) in [6.45, 7) is 5.26. The van der Waals surface area contributed by atoms with E-state index in [0.29, 0.717) is 35.6 Å². The van der Waals surface area contributed by atoms with E-state index in [0.717, 1.165) is 44.9 Å². The molecule has 4 rings (SSSR count). The molecule has 0 aromatic heterocycles. The second-order valence-electron chi connectivity index (χ2n) is 10.6. The fourth-order valence-corrected chi connectivity index (χ4v) is 7.95. The second-order valence-corrected chi connectivity index (χ2v) is 10.6. The van der Waals surface area contributed by atoms with Crippen LogP contribution >= 0.6 is 0 Å². The number of hydrogen-bond donors (Lipinski definition) is 4. The van der Waals surface area contributed by atoms with Crippen molar-refractivity contribution in [3.63, 3.8) is 0 Å². The van der Waals surface area contributed by atoms with Crippen molar-refractivity contribution in [3.05, 3.63) is 24.3 Å². The molecule has 0 amide bonds. The monoisotopic (exact) mass is 389 g/mol. The topological polar surface area (TPSA) is 72.7 Å². The molecule has 0 aromatic rings. The Hall–Kier alpha value is -0.680. The van der Waals surface area contributed by atoms with E-state index >= 15 is 0 Å². The van der Waals surface area contributed by atoms with Crippen molar-refractivity contribution in [2.75, 3.05) is 6.54 Å². The number of allylic oxidation sites excluding steroid dienone is 3. The van der Waals surface area contributed by atoms with Crippen molar-refractivity contribution >= 4 is 0 Å². The molecule has 4 aliphatic rings. The number of aliphatic hydroxyl groups is 2. The third-order valence-corrected chi connectivity index (χ3v) is 9.70. The molecule has 4 fully saturated rings. The highest BCUT2D eigenvalue weighted by Gasteiger charge is 2.66. The van der Waals surface area contributed by atoms with E-state index in [1.165, 1.54) is 12.8 Å². The van der Waals surface area contributed by atoms with Crippen LogP contribution in [0.2, 0.25) is 0 Å². The minimum Gasteiger partial charge on any atom is -0.393 e. The lowest BCUT2D eigenvalue weighted by atomic mass is 9.43. The van der Waals surface area contributed by atoms with Crippen molar-refractivity contribution in [2.24, 2.45) is 34.5 Å². The Morgan fingerprint density at radius 3 is 2.57 bits per heavy atom. The molecule has 4 heteroatoms. The van der Waals surface area contributed by atoms with Crippen LogP contribution in [0.5, 0.6) is 0 Å². The molecule has 0 heterocycles. The summed E-state index contributed by atoms with van der Waals surface area (Å²) in [6, 6.07) is 0. The number of aliphatic hydroxyl groups excluding tert-OH is 1. The molecular formula is C24H39NO3. The first-order valence-corrected chi connectivity index (χ1v) is 11.5. The fourth-order valence-electron chi connectivity index (χ4n) is 7.95. The van der Waals surface area contributed by atoms with E-state index in [4.69, 9.17) is 5.21 Å². The van der Waals surface area contributed by atoms with Crippen molar-refractivity contribution in [3.8, 4) is 0 Å². The molecule has 0 spiro atoms. The highest BCUT2D eigenvalue weighted by atomic mass is 16.5. The third-order valence-electron chi connectivity index (χ3n) is 9.70. The molecule has 28 heavy (non-hydrogen) atoms. The first-order valence-electron chi connectivity index (χ1n) is 11.5. The van der Waals surface area contributed by atoms with Gasteiger partial charge in [-0.1, -0.05) is 38.2 Å². The van der Waals surface area contributed by atoms with Crippen LogP contribution in [0.25, 0.3) is 0 Å². The van der Waals surface area contributed by atoms with Crippen LogP contribution in [0.4, 0.5) is 0 Å². The van der Waals surface area contributed by atoms with Gasteiger partial charge in [0, 0.05) is 12.0 Å². The largest absolute Gasteiger partial charge is 0.393 e. The lowest BCUT2D eigenvalue weighted by molar-refractivity contribution is -0.207. The quantitative estimate of drug-likeness (QED) is 0.429. The van der Waals surface area contributed by atoms with E-state index in [1.807, 2.05) is 12.2 Å². The van der Waals surface area contributed by atoms with Crippen LogP contribution in [0, 0.1) is 34.5 Å². The molecule has 0 unspecified atom stereocenters. The zero-order valence-electron chi connectivity index (χ0n) is 17.6. The summed E-state index contributed by atoms with van der Waals surface area (Å²) in [5.41, 5.74) is 1.85. The fraction of sp³-hybridized carbons (Fsp3) is 0.833. The number of fused-ring (bicyclic) bond motifs is 5. The predicted molar refractivity (Wildman–Crippen MR) is 111 cm³/mol. The lowest BCUT2D eigenvalue weighted by Gasteiger charge is -2.63. The van der Waals surface area contributed by atoms with Crippen molar-refractivity contribution in [1.29, 1.82) is 0 Å². The summed E-state index contributed by atoms with van der Waals surface area (Å²) in [6.07, 6.45) is 17.8. The highest BCUT2D eigenvalue weighted by Crippen LogP contribution is 2.69. The van der Waals surface area contributed by atoms with Crippen LogP contribution in [0.1, 0.15) is 71.6 Å². The van der Waals surface area contributed by atoms with E-state index in [-0.39, 0.29) is 11.5 Å². The molecule has 158 valence electrons. The summed E-state index contributed by atoms with van der Waals surface area (Å²) in [7, 11) is 0. The summed E-state index contributed by atoms with van der Waals surface area (Å²) in [4.78, 5) is 0. The van der Waals surface area contributed by atoms with Gasteiger partial charge in [0.05, 0.1) is 11.7 Å². The molecule has 4 aliphatic carbocycles. The van der Waals surface area contributed by atoms with E-state index in [2.05, 4.69) is 31.5 Å². The average molecular weight is 390 g/mol. The van der Waals surface area contributed by atoms with E-state index in [1.54, 1.807) is 0 Å². The van der Waals surface area contributed by atoms with E-state index in [9.17, 15) is 10.2 Å². The highest BCUT2D eigenvalue weighted by molar-refractivity contribution is 5.20. The van der Waals surface area contributed by atoms with Crippen molar-refractivity contribution in [1.82, 2.24) is 5.48 Å². The Labute approximate surface area is 170 Å². The minimum atomic E-state index is -0.550. The summed E-state index contributed by atoms with van der Waals surface area (Å²) >= 11 is 0. The minimum absolute atomic E-state index is 0.0366. The van der Waals surface area contributed by atoms with Gasteiger partial charge in [-0.2, -0.15) is 0 Å². The Morgan fingerprint density at radius 1 is 0.964 bits per heavy atom. The predicted octanol–water partition coefficient (Wildman–Crippen LogP) is 4.21. The SMILES string of the molecule is C[C@]12CC[C@H](O)C[C@H]1CC[C@@H]1[C@@H]2CC[C@]2(C)[C@@H](C=CC=CCNO)CC[C@]12O. The molecule has 0 radical (unpaired) electrons. The van der Waals surface area contributed by atoms with Crippen LogP contribution in [0.15, 0.2) is 24.3 Å². The Kier molecular flexibility index (Phi) is 5.54. The van der Waals surface area contributed by atoms with Crippen LogP contribution in [-0.4, -0.2) is 33.7 Å². The van der Waals surface area contributed by atoms with Gasteiger partial charge in [0.1, 0.15) is 0 Å². The Balaban J connectivity index is 1.55. The number of hydrogen-bond acceptors (Lipinski definition) is 4. The molecule has 4 N–H and O–H groups in total. The first-order chi connectivity index (χ1) is 13.3. The van der Waals surface area contributed by atoms with Gasteiger partial charge in [0.25, 0.3) is 0 Å². The van der Waals surface area contributed by atoms with Crippen LogP contribution < -0.4 is 5.48 Å². The van der Waals surface area contributed by atoms with Gasteiger partial charge in [-0.3, -0.25) is 0 Å². The molecule has 0 aromatic carbocycles. The average Bonchev–Trinajstić information content (AvgIpc) is 2.93. The normalized spacial score (nSPS) is 51.2. The van der Waals surface area contributed by atoms with Gasteiger partial charge in [-0.05, 0) is 86.9 Å². The molecule has 4 nitrogen and oxygen atoms in total. The summed E-state index contributed by atoms with van der Waals surface area (Å²) in [5.74, 6) is 2.07. The van der Waals surface area contributed by atoms with Crippen molar-refractivity contribution in [2.45, 2.75) is 83.3 Å². The van der Waals surface area contributed by atoms with Gasteiger partial charge in [-0.25, -0.2) is 5.48 Å². The maximum atomic E-state index is 12.1. The Bertz CT molecular complexity index is 633. The Morgan fingerprint density at radius 2 is 1.79 bits per heavy atom. The molecule has 4 saturated carbocycles. The zero-order valence-corrected chi connectivity index (χ0v) is 17.6. The third kappa shape index (κ3) is 3.03. The first kappa shape index (κ1) is 20.6. The number of nitrogens with one attached hydrogen (secondary N) is 1. The van der Waals surface area contributed by atoms with Crippen molar-refractivity contribution < 1.29 is 15.4 Å². The lowest BCUT2D eigenvalue weighted by Crippen LogP contribution is -2.62. The van der Waals surface area contributed by atoms with Crippen LogP contribution in [-0.2, 0) is 0 Å². The maximum absolute atomic E-state index is 12.1. The molecule has 0 aliphatic heterocycles. The molecule has 8 atom stereocenters. The summed E-state index contributed by atoms with van der Waals surface area (Å²) < 4.78 is 0. The van der Waals surface area contributed by atoms with E-state index < -0.39 is 5.60 Å². The molecular weight excluding hydrogens is 350 g/mol. The zero-order chi connectivity index (χ0) is 20.0. The maximum Gasteiger partial charge on any atom is 0.0737 e.